The average molecular weight is 193 g/mol. The summed E-state index contributed by atoms with van der Waals surface area (Å²) in [5.41, 5.74) is 1.55. The van der Waals surface area contributed by atoms with Gasteiger partial charge in [0.25, 0.3) is 0 Å². The van der Waals surface area contributed by atoms with Gasteiger partial charge in [-0.2, -0.15) is 0 Å². The third-order valence-electron chi connectivity index (χ3n) is 2.98. The van der Waals surface area contributed by atoms with Gasteiger partial charge in [0.1, 0.15) is 0 Å². The molecule has 0 aromatic heterocycles. The molecule has 0 radical (unpaired) electrons. The molecule has 0 spiro atoms. The Hall–Kier alpha value is -0.560. The molecule has 0 N–H and O–H groups in total. The molecule has 1 aliphatic rings. The molecule has 0 aromatic rings. The van der Waals surface area contributed by atoms with E-state index in [9.17, 15) is 0 Å². The van der Waals surface area contributed by atoms with Crippen LogP contribution in [-0.4, -0.2) is 23.0 Å². The third kappa shape index (κ3) is 2.48. The van der Waals surface area contributed by atoms with Crippen LogP contribution in [0.15, 0.2) is 23.8 Å². The normalized spacial score (nSPS) is 18.4. The molecule has 80 valence electrons. The van der Waals surface area contributed by atoms with E-state index in [1.54, 1.807) is 5.57 Å². The molecule has 0 aromatic carbocycles. The Bertz CT molecular complexity index is 228. The number of hydrogen-bond donors (Lipinski definition) is 0. The summed E-state index contributed by atoms with van der Waals surface area (Å²) in [5, 5.41) is 0. The second kappa shape index (κ2) is 4.79. The Morgan fingerprint density at radius 3 is 2.00 bits per heavy atom. The van der Waals surface area contributed by atoms with E-state index in [4.69, 9.17) is 0 Å². The minimum Gasteiger partial charge on any atom is -0.292 e. The van der Waals surface area contributed by atoms with Gasteiger partial charge in [-0.05, 0) is 46.6 Å². The zero-order valence-electron chi connectivity index (χ0n) is 10.1. The topological polar surface area (TPSA) is 3.24 Å². The fourth-order valence-electron chi connectivity index (χ4n) is 2.46. The van der Waals surface area contributed by atoms with Crippen LogP contribution in [0.1, 0.15) is 41.0 Å². The summed E-state index contributed by atoms with van der Waals surface area (Å²) >= 11 is 0. The lowest BCUT2D eigenvalue weighted by Gasteiger charge is -2.37. The van der Waals surface area contributed by atoms with Gasteiger partial charge in [-0.25, -0.2) is 0 Å². The highest BCUT2D eigenvalue weighted by molar-refractivity contribution is 5.27. The fraction of sp³-hybridized carbons (Fsp3) is 0.692. The van der Waals surface area contributed by atoms with Gasteiger partial charge in [0.05, 0.1) is 0 Å². The van der Waals surface area contributed by atoms with Crippen molar-refractivity contribution >= 4 is 0 Å². The lowest BCUT2D eigenvalue weighted by molar-refractivity contribution is 0.140. The molecule has 1 atom stereocenters. The quantitative estimate of drug-likeness (QED) is 0.661. The molecule has 1 aliphatic carbocycles. The number of nitrogens with zero attached hydrogens (tertiary/aromatic N) is 1. The van der Waals surface area contributed by atoms with Gasteiger partial charge in [0.2, 0.25) is 0 Å². The molecular weight excluding hydrogens is 170 g/mol. The van der Waals surface area contributed by atoms with Crippen molar-refractivity contribution in [3.63, 3.8) is 0 Å². The average Bonchev–Trinajstić information content (AvgIpc) is 2.53. The zero-order chi connectivity index (χ0) is 10.7. The van der Waals surface area contributed by atoms with Crippen molar-refractivity contribution in [2.75, 3.05) is 0 Å². The Kier molecular flexibility index (Phi) is 3.94. The van der Waals surface area contributed by atoms with E-state index in [1.807, 2.05) is 0 Å². The predicted octanol–water partition coefficient (Wildman–Crippen LogP) is 3.38. The minimum atomic E-state index is 0.574. The Morgan fingerprint density at radius 1 is 1.07 bits per heavy atom. The van der Waals surface area contributed by atoms with E-state index in [0.717, 1.165) is 6.42 Å². The van der Waals surface area contributed by atoms with E-state index in [1.165, 1.54) is 0 Å². The van der Waals surface area contributed by atoms with Gasteiger partial charge >= 0.3 is 0 Å². The molecule has 1 rings (SSSR count). The largest absolute Gasteiger partial charge is 0.292 e. The Labute approximate surface area is 88.5 Å². The first-order chi connectivity index (χ1) is 6.54. The summed E-state index contributed by atoms with van der Waals surface area (Å²) in [6, 6.07) is 1.81. The highest BCUT2D eigenvalue weighted by Gasteiger charge is 2.22. The maximum Gasteiger partial charge on any atom is 0.0290 e. The van der Waals surface area contributed by atoms with Gasteiger partial charge in [-0.1, -0.05) is 18.2 Å². The molecule has 0 bridgehead atoms. The first-order valence-electron chi connectivity index (χ1n) is 5.67. The van der Waals surface area contributed by atoms with E-state index in [-0.39, 0.29) is 0 Å². The summed E-state index contributed by atoms with van der Waals surface area (Å²) in [4.78, 5) is 2.57. The second-order valence-electron chi connectivity index (χ2n) is 4.68. The van der Waals surface area contributed by atoms with Crippen molar-refractivity contribution in [3.05, 3.63) is 23.8 Å². The number of hydrogen-bond acceptors (Lipinski definition) is 1. The maximum atomic E-state index is 2.57. The number of allylic oxidation sites excluding steroid dienone is 3. The molecule has 1 unspecified atom stereocenters. The van der Waals surface area contributed by atoms with Gasteiger partial charge in [-0.3, -0.25) is 4.90 Å². The van der Waals surface area contributed by atoms with Crippen molar-refractivity contribution in [1.29, 1.82) is 0 Å². The predicted molar refractivity (Wildman–Crippen MR) is 63.4 cm³/mol. The first kappa shape index (κ1) is 11.5. The Morgan fingerprint density at radius 2 is 1.64 bits per heavy atom. The molecule has 0 heterocycles. The molecule has 0 fully saturated rings. The molecule has 1 heteroatoms. The summed E-state index contributed by atoms with van der Waals surface area (Å²) < 4.78 is 0. The lowest BCUT2D eigenvalue weighted by atomic mass is 10.0. The van der Waals surface area contributed by atoms with Crippen LogP contribution in [0.3, 0.4) is 0 Å². The van der Waals surface area contributed by atoms with E-state index in [2.05, 4.69) is 57.7 Å². The van der Waals surface area contributed by atoms with Crippen molar-refractivity contribution < 1.29 is 0 Å². The summed E-state index contributed by atoms with van der Waals surface area (Å²) in [6.45, 7) is 11.4. The van der Waals surface area contributed by atoms with Crippen LogP contribution >= 0.6 is 0 Å². The smallest absolute Gasteiger partial charge is 0.0290 e. The van der Waals surface area contributed by atoms with Gasteiger partial charge < -0.3 is 0 Å². The van der Waals surface area contributed by atoms with Crippen LogP contribution in [0.5, 0.6) is 0 Å². The van der Waals surface area contributed by atoms with Crippen LogP contribution in [0.2, 0.25) is 0 Å². The summed E-state index contributed by atoms with van der Waals surface area (Å²) in [7, 11) is 0. The van der Waals surface area contributed by atoms with E-state index >= 15 is 0 Å². The van der Waals surface area contributed by atoms with Crippen molar-refractivity contribution in [1.82, 2.24) is 4.90 Å². The molecule has 14 heavy (non-hydrogen) atoms. The van der Waals surface area contributed by atoms with Crippen molar-refractivity contribution in [2.45, 2.75) is 59.2 Å². The van der Waals surface area contributed by atoms with Crippen LogP contribution in [0, 0.1) is 0 Å². The van der Waals surface area contributed by atoms with Crippen molar-refractivity contribution in [3.8, 4) is 0 Å². The standard InChI is InChI=1S/C13H23N/c1-10(2)14(11(3)4)12(5)13-8-6-7-9-13/h6-8,10-12H,9H2,1-5H3. The fourth-order valence-corrected chi connectivity index (χ4v) is 2.46. The molecule has 0 amide bonds. The minimum absolute atomic E-state index is 0.574. The lowest BCUT2D eigenvalue weighted by Crippen LogP contribution is -2.44. The van der Waals surface area contributed by atoms with Crippen LogP contribution < -0.4 is 0 Å². The van der Waals surface area contributed by atoms with E-state index in [0.29, 0.717) is 18.1 Å². The maximum absolute atomic E-state index is 2.57. The summed E-state index contributed by atoms with van der Waals surface area (Å²) in [5.74, 6) is 0. The molecule has 1 nitrogen and oxygen atoms in total. The van der Waals surface area contributed by atoms with Crippen LogP contribution in [-0.2, 0) is 0 Å². The zero-order valence-corrected chi connectivity index (χ0v) is 10.1. The van der Waals surface area contributed by atoms with E-state index < -0.39 is 0 Å². The van der Waals surface area contributed by atoms with Gasteiger partial charge in [0, 0.05) is 18.1 Å². The second-order valence-corrected chi connectivity index (χ2v) is 4.68. The first-order valence-corrected chi connectivity index (χ1v) is 5.67. The molecule has 0 aliphatic heterocycles. The van der Waals surface area contributed by atoms with Crippen molar-refractivity contribution in [2.24, 2.45) is 0 Å². The number of rotatable bonds is 4. The molecule has 0 saturated heterocycles. The monoisotopic (exact) mass is 193 g/mol. The van der Waals surface area contributed by atoms with Crippen LogP contribution in [0.25, 0.3) is 0 Å². The highest BCUT2D eigenvalue weighted by atomic mass is 15.2. The van der Waals surface area contributed by atoms with Crippen LogP contribution in [0.4, 0.5) is 0 Å². The third-order valence-corrected chi connectivity index (χ3v) is 2.98. The highest BCUT2D eigenvalue weighted by Crippen LogP contribution is 2.22. The van der Waals surface area contributed by atoms with Gasteiger partial charge in [0.15, 0.2) is 0 Å². The Balaban J connectivity index is 2.68. The summed E-state index contributed by atoms with van der Waals surface area (Å²) in [6.07, 6.45) is 7.81. The molecule has 0 saturated carbocycles. The van der Waals surface area contributed by atoms with Gasteiger partial charge in [-0.15, -0.1) is 0 Å². The SMILES string of the molecule is CC(C)N(C(C)C)C(C)C1=CC=CC1. The molecular formula is C13H23N.